The van der Waals surface area contributed by atoms with Crippen molar-refractivity contribution in [3.63, 3.8) is 0 Å². The van der Waals surface area contributed by atoms with Gasteiger partial charge in [0.05, 0.1) is 7.11 Å². The summed E-state index contributed by atoms with van der Waals surface area (Å²) in [5.74, 6) is 0.943. The van der Waals surface area contributed by atoms with Crippen LogP contribution >= 0.6 is 0 Å². The predicted octanol–water partition coefficient (Wildman–Crippen LogP) is 3.53. The fourth-order valence-electron chi connectivity index (χ4n) is 2.06. The van der Waals surface area contributed by atoms with Crippen molar-refractivity contribution in [1.82, 2.24) is 0 Å². The summed E-state index contributed by atoms with van der Waals surface area (Å²) < 4.78 is 5.23. The SMILES string of the molecule is COc1cccc(N(C)Cc2ccc(C(C)=O)cc2)c1. The zero-order valence-electron chi connectivity index (χ0n) is 12.1. The molecule has 3 nitrogen and oxygen atoms in total. The maximum atomic E-state index is 11.2. The maximum Gasteiger partial charge on any atom is 0.159 e. The van der Waals surface area contributed by atoms with Crippen LogP contribution in [0.2, 0.25) is 0 Å². The molecule has 104 valence electrons. The lowest BCUT2D eigenvalue weighted by Crippen LogP contribution is -2.16. The van der Waals surface area contributed by atoms with Crippen LogP contribution in [0.25, 0.3) is 0 Å². The molecule has 0 heterocycles. The molecule has 2 aromatic rings. The van der Waals surface area contributed by atoms with E-state index in [-0.39, 0.29) is 5.78 Å². The maximum absolute atomic E-state index is 11.2. The highest BCUT2D eigenvalue weighted by Crippen LogP contribution is 2.21. The average molecular weight is 269 g/mol. The summed E-state index contributed by atoms with van der Waals surface area (Å²) in [6.07, 6.45) is 0. The third-order valence-electron chi connectivity index (χ3n) is 3.27. The first kappa shape index (κ1) is 14.1. The molecule has 0 fully saturated rings. The zero-order chi connectivity index (χ0) is 14.5. The van der Waals surface area contributed by atoms with Gasteiger partial charge in [0.2, 0.25) is 0 Å². The Hall–Kier alpha value is -2.29. The van der Waals surface area contributed by atoms with Gasteiger partial charge in [-0.15, -0.1) is 0 Å². The highest BCUT2D eigenvalue weighted by Gasteiger charge is 2.04. The Morgan fingerprint density at radius 1 is 1.15 bits per heavy atom. The number of carbonyl (C=O) groups excluding carboxylic acids is 1. The Bertz CT molecular complexity index is 590. The number of anilines is 1. The van der Waals surface area contributed by atoms with Crippen molar-refractivity contribution in [1.29, 1.82) is 0 Å². The van der Waals surface area contributed by atoms with E-state index in [1.54, 1.807) is 14.0 Å². The third kappa shape index (κ3) is 3.38. The third-order valence-corrected chi connectivity index (χ3v) is 3.27. The smallest absolute Gasteiger partial charge is 0.159 e. The number of ether oxygens (including phenoxy) is 1. The number of ketones is 1. The molecular formula is C17H19NO2. The Labute approximate surface area is 119 Å². The summed E-state index contributed by atoms with van der Waals surface area (Å²) in [7, 11) is 3.70. The van der Waals surface area contributed by atoms with Crippen LogP contribution in [0.4, 0.5) is 5.69 Å². The fourth-order valence-corrected chi connectivity index (χ4v) is 2.06. The second-order valence-electron chi connectivity index (χ2n) is 4.81. The van der Waals surface area contributed by atoms with Gasteiger partial charge in [-0.25, -0.2) is 0 Å². The molecule has 0 N–H and O–H groups in total. The lowest BCUT2D eigenvalue weighted by molar-refractivity contribution is 0.101. The van der Waals surface area contributed by atoms with E-state index in [1.165, 1.54) is 5.56 Å². The van der Waals surface area contributed by atoms with Crippen molar-refractivity contribution >= 4 is 11.5 Å². The highest BCUT2D eigenvalue weighted by molar-refractivity contribution is 5.94. The average Bonchev–Trinajstić information content (AvgIpc) is 2.47. The number of nitrogens with zero attached hydrogens (tertiary/aromatic N) is 1. The van der Waals surface area contributed by atoms with Gasteiger partial charge in [-0.1, -0.05) is 30.3 Å². The van der Waals surface area contributed by atoms with Gasteiger partial charge in [0.25, 0.3) is 0 Å². The van der Waals surface area contributed by atoms with E-state index in [0.29, 0.717) is 0 Å². The molecule has 0 saturated heterocycles. The Morgan fingerprint density at radius 2 is 1.85 bits per heavy atom. The van der Waals surface area contributed by atoms with Gasteiger partial charge in [0.15, 0.2) is 5.78 Å². The molecule has 0 aromatic heterocycles. The van der Waals surface area contributed by atoms with Crippen molar-refractivity contribution in [3.8, 4) is 5.75 Å². The second kappa shape index (κ2) is 6.24. The Kier molecular flexibility index (Phi) is 4.41. The first-order valence-electron chi connectivity index (χ1n) is 6.55. The fraction of sp³-hybridized carbons (Fsp3) is 0.235. The van der Waals surface area contributed by atoms with E-state index in [9.17, 15) is 4.79 Å². The van der Waals surface area contributed by atoms with E-state index in [1.807, 2.05) is 55.6 Å². The standard InChI is InChI=1S/C17H19NO2/c1-13(19)15-9-7-14(8-10-15)12-18(2)16-5-4-6-17(11-16)20-3/h4-11H,12H2,1-3H3. The van der Waals surface area contributed by atoms with Gasteiger partial charge in [-0.05, 0) is 24.6 Å². The van der Waals surface area contributed by atoms with Crippen LogP contribution in [0.5, 0.6) is 5.75 Å². The molecule has 0 amide bonds. The summed E-state index contributed by atoms with van der Waals surface area (Å²) in [4.78, 5) is 13.4. The highest BCUT2D eigenvalue weighted by atomic mass is 16.5. The van der Waals surface area contributed by atoms with Gasteiger partial charge >= 0.3 is 0 Å². The molecular weight excluding hydrogens is 250 g/mol. The van der Waals surface area contributed by atoms with Gasteiger partial charge in [0.1, 0.15) is 5.75 Å². The number of hydrogen-bond acceptors (Lipinski definition) is 3. The van der Waals surface area contributed by atoms with Gasteiger partial charge in [0, 0.05) is 30.9 Å². The van der Waals surface area contributed by atoms with Gasteiger partial charge in [-0.3, -0.25) is 4.79 Å². The minimum Gasteiger partial charge on any atom is -0.497 e. The first-order valence-corrected chi connectivity index (χ1v) is 6.55. The normalized spacial score (nSPS) is 10.2. The van der Waals surface area contributed by atoms with Crippen molar-refractivity contribution in [2.75, 3.05) is 19.1 Å². The molecule has 0 aliphatic rings. The molecule has 0 radical (unpaired) electrons. The zero-order valence-corrected chi connectivity index (χ0v) is 12.1. The molecule has 2 aromatic carbocycles. The van der Waals surface area contributed by atoms with Crippen LogP contribution < -0.4 is 9.64 Å². The summed E-state index contributed by atoms with van der Waals surface area (Å²) in [5, 5.41) is 0. The molecule has 2 rings (SSSR count). The molecule has 0 unspecified atom stereocenters. The van der Waals surface area contributed by atoms with Crippen LogP contribution in [0, 0.1) is 0 Å². The predicted molar refractivity (Wildman–Crippen MR) is 81.5 cm³/mol. The summed E-state index contributed by atoms with van der Waals surface area (Å²) in [6.45, 7) is 2.36. The Morgan fingerprint density at radius 3 is 2.45 bits per heavy atom. The van der Waals surface area contributed by atoms with Crippen molar-refractivity contribution in [3.05, 3.63) is 59.7 Å². The summed E-state index contributed by atoms with van der Waals surface area (Å²) in [5.41, 5.74) is 3.01. The van der Waals surface area contributed by atoms with Crippen LogP contribution in [-0.4, -0.2) is 19.9 Å². The van der Waals surface area contributed by atoms with E-state index in [0.717, 1.165) is 23.5 Å². The van der Waals surface area contributed by atoms with Crippen LogP contribution in [-0.2, 0) is 6.54 Å². The number of benzene rings is 2. The van der Waals surface area contributed by atoms with Crippen molar-refractivity contribution in [2.45, 2.75) is 13.5 Å². The van der Waals surface area contributed by atoms with Crippen molar-refractivity contribution < 1.29 is 9.53 Å². The molecule has 0 aliphatic carbocycles. The van der Waals surface area contributed by atoms with E-state index < -0.39 is 0 Å². The van der Waals surface area contributed by atoms with Gasteiger partial charge in [-0.2, -0.15) is 0 Å². The minimum atomic E-state index is 0.0951. The van der Waals surface area contributed by atoms with E-state index in [4.69, 9.17) is 4.74 Å². The molecule has 0 bridgehead atoms. The summed E-state index contributed by atoms with van der Waals surface area (Å²) in [6, 6.07) is 15.7. The molecule has 0 saturated carbocycles. The lowest BCUT2D eigenvalue weighted by atomic mass is 10.1. The van der Waals surface area contributed by atoms with Crippen molar-refractivity contribution in [2.24, 2.45) is 0 Å². The van der Waals surface area contributed by atoms with Crippen LogP contribution in [0.15, 0.2) is 48.5 Å². The quantitative estimate of drug-likeness (QED) is 0.778. The topological polar surface area (TPSA) is 29.5 Å². The molecule has 0 spiro atoms. The largest absolute Gasteiger partial charge is 0.497 e. The number of hydrogen-bond donors (Lipinski definition) is 0. The van der Waals surface area contributed by atoms with Crippen LogP contribution in [0.3, 0.4) is 0 Å². The summed E-state index contributed by atoms with van der Waals surface area (Å²) >= 11 is 0. The molecule has 3 heteroatoms. The molecule has 20 heavy (non-hydrogen) atoms. The first-order chi connectivity index (χ1) is 9.60. The van der Waals surface area contributed by atoms with E-state index >= 15 is 0 Å². The molecule has 0 aliphatic heterocycles. The number of Topliss-reactive ketones (excluding diaryl/α,β-unsaturated/α-hetero) is 1. The van der Waals surface area contributed by atoms with E-state index in [2.05, 4.69) is 4.90 Å². The molecule has 0 atom stereocenters. The minimum absolute atomic E-state index is 0.0951. The lowest BCUT2D eigenvalue weighted by Gasteiger charge is -2.20. The Balaban J connectivity index is 2.10. The monoisotopic (exact) mass is 269 g/mol. The second-order valence-corrected chi connectivity index (χ2v) is 4.81. The number of rotatable bonds is 5. The van der Waals surface area contributed by atoms with Gasteiger partial charge < -0.3 is 9.64 Å². The number of carbonyl (C=O) groups is 1. The number of methoxy groups -OCH3 is 1. The van der Waals surface area contributed by atoms with Crippen LogP contribution in [0.1, 0.15) is 22.8 Å².